The van der Waals surface area contributed by atoms with Crippen molar-refractivity contribution in [2.24, 2.45) is 0 Å². The summed E-state index contributed by atoms with van der Waals surface area (Å²) >= 11 is 3.26. The highest BCUT2D eigenvalue weighted by atomic mass is 79.9. The maximum Gasteiger partial charge on any atom is 0.183 e. The van der Waals surface area contributed by atoms with E-state index in [1.807, 2.05) is 0 Å². The summed E-state index contributed by atoms with van der Waals surface area (Å²) in [5.41, 5.74) is 0.780. The Kier molecular flexibility index (Phi) is 5.33. The number of ether oxygens (including phenoxy) is 1. The Morgan fingerprint density at radius 1 is 1.19 bits per heavy atom. The number of halogens is 4. The molecule has 136 valence electrons. The van der Waals surface area contributed by atoms with Gasteiger partial charge in [-0.2, -0.15) is 0 Å². The number of carbonyl (C=O) groups excluding carboxylic acids is 1. The number of hydrogen-bond acceptors (Lipinski definition) is 3. The fourth-order valence-corrected chi connectivity index (χ4v) is 3.22. The van der Waals surface area contributed by atoms with Gasteiger partial charge in [0.25, 0.3) is 0 Å². The number of aromatic nitrogens is 1. The smallest absolute Gasteiger partial charge is 0.183 e. The molecule has 3 rings (SSSR count). The largest absolute Gasteiger partial charge is 0.491 e. The van der Waals surface area contributed by atoms with E-state index in [-0.39, 0.29) is 35.4 Å². The lowest BCUT2D eigenvalue weighted by molar-refractivity contribution is 0.0991. The van der Waals surface area contributed by atoms with E-state index in [1.54, 1.807) is 0 Å². The maximum absolute atomic E-state index is 13.5. The molecule has 1 aromatic heterocycles. The van der Waals surface area contributed by atoms with Gasteiger partial charge in [0.1, 0.15) is 23.0 Å². The van der Waals surface area contributed by atoms with Crippen LogP contribution in [0.25, 0.3) is 10.9 Å². The van der Waals surface area contributed by atoms with Gasteiger partial charge >= 0.3 is 0 Å². The summed E-state index contributed by atoms with van der Waals surface area (Å²) in [5.74, 6) is -2.98. The second-order valence-corrected chi connectivity index (χ2v) is 6.41. The second kappa shape index (κ2) is 7.51. The highest BCUT2D eigenvalue weighted by Gasteiger charge is 2.25. The lowest BCUT2D eigenvalue weighted by Crippen LogP contribution is -2.10. The first kappa shape index (κ1) is 18.5. The summed E-state index contributed by atoms with van der Waals surface area (Å²) in [4.78, 5) is 14.7. The molecule has 0 spiro atoms. The number of ketones is 1. The summed E-state index contributed by atoms with van der Waals surface area (Å²) < 4.78 is 45.6. The molecule has 8 heteroatoms. The van der Waals surface area contributed by atoms with Crippen molar-refractivity contribution in [3.8, 4) is 5.75 Å². The molecule has 2 N–H and O–H groups in total. The van der Waals surface area contributed by atoms with Crippen LogP contribution < -0.4 is 4.74 Å². The van der Waals surface area contributed by atoms with E-state index >= 15 is 0 Å². The summed E-state index contributed by atoms with van der Waals surface area (Å²) in [5, 5.41) is 9.12. The Bertz CT molecular complexity index is 974. The quantitative estimate of drug-likeness (QED) is 0.455. The molecule has 0 aliphatic rings. The van der Waals surface area contributed by atoms with Crippen LogP contribution in [-0.4, -0.2) is 29.1 Å². The number of hydrogen-bond donors (Lipinski definition) is 2. The molecule has 0 bridgehead atoms. The van der Waals surface area contributed by atoms with Gasteiger partial charge in [-0.1, -0.05) is 22.0 Å². The van der Waals surface area contributed by atoms with Crippen molar-refractivity contribution in [2.75, 3.05) is 13.2 Å². The van der Waals surface area contributed by atoms with Crippen LogP contribution >= 0.6 is 15.9 Å². The SMILES string of the molecule is O=C(c1c[nH]c2cc(F)c(F)cc12)C(Br)c1ccc(F)cc1OCCO. The highest BCUT2D eigenvalue weighted by molar-refractivity contribution is 9.09. The predicted octanol–water partition coefficient (Wildman–Crippen LogP) is 4.28. The van der Waals surface area contributed by atoms with Crippen LogP contribution in [0.15, 0.2) is 36.5 Å². The molecule has 1 unspecified atom stereocenters. The lowest BCUT2D eigenvalue weighted by Gasteiger charge is -2.15. The first-order valence-corrected chi connectivity index (χ1v) is 8.51. The summed E-state index contributed by atoms with van der Waals surface area (Å²) in [7, 11) is 0. The number of benzene rings is 2. The third-order valence-corrected chi connectivity index (χ3v) is 4.72. The number of H-pyrrole nitrogens is 1. The highest BCUT2D eigenvalue weighted by Crippen LogP contribution is 2.36. The minimum atomic E-state index is -1.06. The van der Waals surface area contributed by atoms with Crippen LogP contribution in [0, 0.1) is 17.5 Å². The zero-order valence-corrected chi connectivity index (χ0v) is 14.8. The zero-order chi connectivity index (χ0) is 18.8. The molecule has 0 saturated carbocycles. The van der Waals surface area contributed by atoms with E-state index in [4.69, 9.17) is 9.84 Å². The second-order valence-electron chi connectivity index (χ2n) is 5.50. The molecule has 0 aliphatic heterocycles. The van der Waals surface area contributed by atoms with Gasteiger partial charge in [0.05, 0.1) is 6.61 Å². The van der Waals surface area contributed by atoms with Gasteiger partial charge in [0.2, 0.25) is 0 Å². The summed E-state index contributed by atoms with van der Waals surface area (Å²) in [6.07, 6.45) is 1.36. The Morgan fingerprint density at radius 3 is 2.65 bits per heavy atom. The number of aromatic amines is 1. The molecule has 0 saturated heterocycles. The van der Waals surface area contributed by atoms with Gasteiger partial charge in [0.15, 0.2) is 17.4 Å². The molecule has 0 radical (unpaired) electrons. The van der Waals surface area contributed by atoms with Gasteiger partial charge in [-0.15, -0.1) is 0 Å². The van der Waals surface area contributed by atoms with Gasteiger partial charge in [0, 0.05) is 40.4 Å². The minimum absolute atomic E-state index is 0.0675. The molecule has 4 nitrogen and oxygen atoms in total. The standard InChI is InChI=1S/C18H13BrF3NO3/c19-17(10-2-1-9(20)5-16(10)26-4-3-24)18(25)12-8-23-15-7-14(22)13(21)6-11(12)15/h1-2,5-8,17,23-24H,3-4H2. The lowest BCUT2D eigenvalue weighted by atomic mass is 10.0. The number of Topliss-reactive ketones (excluding diaryl/α,β-unsaturated/α-hetero) is 1. The van der Waals surface area contributed by atoms with Crippen LogP contribution in [-0.2, 0) is 0 Å². The van der Waals surface area contributed by atoms with Gasteiger partial charge in [-0.05, 0) is 12.1 Å². The Hall–Kier alpha value is -2.32. The van der Waals surface area contributed by atoms with E-state index in [0.717, 1.165) is 18.2 Å². The van der Waals surface area contributed by atoms with E-state index < -0.39 is 28.1 Å². The van der Waals surface area contributed by atoms with Crippen LogP contribution in [0.4, 0.5) is 13.2 Å². The molecule has 3 aromatic rings. The normalized spacial score (nSPS) is 12.3. The van der Waals surface area contributed by atoms with Crippen molar-refractivity contribution in [3.63, 3.8) is 0 Å². The Labute approximate surface area is 154 Å². The average Bonchev–Trinajstić information content (AvgIpc) is 3.01. The maximum atomic E-state index is 13.5. The van der Waals surface area contributed by atoms with Crippen LogP contribution in [0.5, 0.6) is 5.75 Å². The molecule has 1 atom stereocenters. The summed E-state index contributed by atoms with van der Waals surface area (Å²) in [6.45, 7) is -0.341. The van der Waals surface area contributed by atoms with E-state index in [1.165, 1.54) is 18.3 Å². The van der Waals surface area contributed by atoms with Gasteiger partial charge in [-0.25, -0.2) is 13.2 Å². The number of nitrogens with one attached hydrogen (secondary N) is 1. The fourth-order valence-electron chi connectivity index (χ4n) is 2.60. The first-order chi connectivity index (χ1) is 12.4. The third kappa shape index (κ3) is 3.47. The third-order valence-electron chi connectivity index (χ3n) is 3.82. The molecular formula is C18H13BrF3NO3. The number of aliphatic hydroxyl groups is 1. The topological polar surface area (TPSA) is 62.3 Å². The molecule has 1 heterocycles. The molecule has 2 aromatic carbocycles. The van der Waals surface area contributed by atoms with E-state index in [2.05, 4.69) is 20.9 Å². The number of carbonyl (C=O) groups is 1. The Morgan fingerprint density at radius 2 is 1.92 bits per heavy atom. The summed E-state index contributed by atoms with van der Waals surface area (Å²) in [6, 6.07) is 5.58. The molecular weight excluding hydrogens is 415 g/mol. The molecule has 0 aliphatic carbocycles. The Balaban J connectivity index is 1.99. The monoisotopic (exact) mass is 427 g/mol. The number of alkyl halides is 1. The number of rotatable bonds is 6. The van der Waals surface area contributed by atoms with Gasteiger partial charge in [-0.3, -0.25) is 4.79 Å². The zero-order valence-electron chi connectivity index (χ0n) is 13.2. The number of fused-ring (bicyclic) bond motifs is 1. The van der Waals surface area contributed by atoms with Crippen molar-refractivity contribution in [1.82, 2.24) is 4.98 Å². The number of aliphatic hydroxyl groups excluding tert-OH is 1. The van der Waals surface area contributed by atoms with Crippen molar-refractivity contribution < 1.29 is 27.8 Å². The average molecular weight is 428 g/mol. The van der Waals surface area contributed by atoms with Crippen LogP contribution in [0.3, 0.4) is 0 Å². The van der Waals surface area contributed by atoms with Crippen molar-refractivity contribution in [2.45, 2.75) is 4.83 Å². The first-order valence-electron chi connectivity index (χ1n) is 7.60. The van der Waals surface area contributed by atoms with Crippen molar-refractivity contribution in [1.29, 1.82) is 0 Å². The van der Waals surface area contributed by atoms with Crippen LogP contribution in [0.2, 0.25) is 0 Å². The van der Waals surface area contributed by atoms with E-state index in [9.17, 15) is 18.0 Å². The molecule has 26 heavy (non-hydrogen) atoms. The van der Waals surface area contributed by atoms with E-state index in [0.29, 0.717) is 5.56 Å². The van der Waals surface area contributed by atoms with Gasteiger partial charge < -0.3 is 14.8 Å². The fraction of sp³-hybridized carbons (Fsp3) is 0.167. The molecule has 0 fully saturated rings. The van der Waals surface area contributed by atoms with Crippen molar-refractivity contribution in [3.05, 3.63) is 65.1 Å². The molecule has 0 amide bonds. The van der Waals surface area contributed by atoms with Crippen LogP contribution in [0.1, 0.15) is 20.7 Å². The predicted molar refractivity (Wildman–Crippen MR) is 93.2 cm³/mol. The minimum Gasteiger partial charge on any atom is -0.491 e. The van der Waals surface area contributed by atoms with Crippen molar-refractivity contribution >= 4 is 32.6 Å².